The third kappa shape index (κ3) is 5.86. The number of sulfonamides is 1. The van der Waals surface area contributed by atoms with E-state index in [9.17, 15) is 13.2 Å². The lowest BCUT2D eigenvalue weighted by Crippen LogP contribution is -2.36. The molecule has 0 bridgehead atoms. The molecule has 7 nitrogen and oxygen atoms in total. The zero-order valence-electron chi connectivity index (χ0n) is 7.64. The van der Waals surface area contributed by atoms with Crippen molar-refractivity contribution in [1.82, 2.24) is 4.72 Å². The van der Waals surface area contributed by atoms with Gasteiger partial charge in [-0.15, -0.1) is 0 Å². The van der Waals surface area contributed by atoms with Crippen LogP contribution in [0.1, 0.15) is 6.42 Å². The van der Waals surface area contributed by atoms with E-state index in [4.69, 9.17) is 16.6 Å². The number of hydrogen-bond acceptors (Lipinski definition) is 5. The number of carboxylic acids is 1. The second-order valence-electron chi connectivity index (χ2n) is 2.74. The first-order valence-electron chi connectivity index (χ1n) is 4.05. The number of nitrogens with two attached hydrogens (primary N) is 2. The summed E-state index contributed by atoms with van der Waals surface area (Å²) in [6.07, 6.45) is -0.116. The van der Waals surface area contributed by atoms with Crippen molar-refractivity contribution in [3.63, 3.8) is 0 Å². The molecule has 0 heterocycles. The molecular weight excluding hydrogens is 210 g/mol. The minimum atomic E-state index is -3.45. The van der Waals surface area contributed by atoms with Crippen LogP contribution in [0.3, 0.4) is 0 Å². The highest BCUT2D eigenvalue weighted by molar-refractivity contribution is 7.89. The first-order chi connectivity index (χ1) is 6.39. The molecule has 8 heteroatoms. The van der Waals surface area contributed by atoms with Crippen molar-refractivity contribution in [1.29, 1.82) is 0 Å². The van der Waals surface area contributed by atoms with Crippen LogP contribution in [0.4, 0.5) is 0 Å². The number of rotatable bonds is 7. The smallest absolute Gasteiger partial charge is 0.320 e. The molecule has 0 rings (SSSR count). The van der Waals surface area contributed by atoms with E-state index in [-0.39, 0.29) is 25.3 Å². The molecule has 0 fully saturated rings. The monoisotopic (exact) mass is 225 g/mol. The van der Waals surface area contributed by atoms with Gasteiger partial charge in [-0.1, -0.05) is 0 Å². The second kappa shape index (κ2) is 5.91. The lowest BCUT2D eigenvalue weighted by Gasteiger charge is -2.07. The summed E-state index contributed by atoms with van der Waals surface area (Å²) in [6.45, 7) is 0.342. The van der Waals surface area contributed by atoms with Crippen LogP contribution in [-0.2, 0) is 14.8 Å². The van der Waals surface area contributed by atoms with Crippen LogP contribution in [0, 0.1) is 0 Å². The minimum absolute atomic E-state index is 0.116. The third-order valence-corrected chi connectivity index (χ3v) is 2.90. The maximum absolute atomic E-state index is 11.1. The molecule has 0 saturated heterocycles. The van der Waals surface area contributed by atoms with Gasteiger partial charge in [0.05, 0.1) is 5.75 Å². The Hall–Kier alpha value is -0.700. The third-order valence-electron chi connectivity index (χ3n) is 1.48. The predicted octanol–water partition coefficient (Wildman–Crippen LogP) is -2.33. The Labute approximate surface area is 82.5 Å². The zero-order chi connectivity index (χ0) is 11.2. The van der Waals surface area contributed by atoms with Crippen molar-refractivity contribution in [3.8, 4) is 0 Å². The molecule has 1 unspecified atom stereocenters. The molecule has 14 heavy (non-hydrogen) atoms. The molecule has 0 aromatic rings. The van der Waals surface area contributed by atoms with Crippen molar-refractivity contribution in [3.05, 3.63) is 0 Å². The molecule has 84 valence electrons. The summed E-state index contributed by atoms with van der Waals surface area (Å²) in [5.41, 5.74) is 10.2. The van der Waals surface area contributed by atoms with Crippen LogP contribution < -0.4 is 16.2 Å². The zero-order valence-corrected chi connectivity index (χ0v) is 8.46. The van der Waals surface area contributed by atoms with Crippen LogP contribution in [0.2, 0.25) is 0 Å². The van der Waals surface area contributed by atoms with Gasteiger partial charge >= 0.3 is 5.97 Å². The van der Waals surface area contributed by atoms with Crippen LogP contribution in [-0.4, -0.2) is 44.4 Å². The molecule has 0 aromatic heterocycles. The van der Waals surface area contributed by atoms with Gasteiger partial charge in [-0.05, 0) is 6.42 Å². The van der Waals surface area contributed by atoms with Gasteiger partial charge in [0, 0.05) is 13.1 Å². The molecule has 1 atom stereocenters. The second-order valence-corrected chi connectivity index (χ2v) is 4.66. The van der Waals surface area contributed by atoms with Gasteiger partial charge in [0.2, 0.25) is 10.0 Å². The van der Waals surface area contributed by atoms with Crippen molar-refractivity contribution in [2.75, 3.05) is 18.8 Å². The molecule has 0 aliphatic heterocycles. The number of carbonyl (C=O) groups is 1. The van der Waals surface area contributed by atoms with E-state index in [0.29, 0.717) is 0 Å². The summed E-state index contributed by atoms with van der Waals surface area (Å²) < 4.78 is 24.4. The van der Waals surface area contributed by atoms with E-state index in [0.717, 1.165) is 0 Å². The minimum Gasteiger partial charge on any atom is -0.480 e. The Kier molecular flexibility index (Phi) is 5.62. The number of nitrogens with one attached hydrogen (secondary N) is 1. The Balaban J connectivity index is 3.93. The quantitative estimate of drug-likeness (QED) is 0.383. The first kappa shape index (κ1) is 13.3. The van der Waals surface area contributed by atoms with Crippen molar-refractivity contribution in [2.45, 2.75) is 12.5 Å². The van der Waals surface area contributed by atoms with Gasteiger partial charge in [-0.3, -0.25) is 4.79 Å². The van der Waals surface area contributed by atoms with Gasteiger partial charge in [-0.2, -0.15) is 0 Å². The maximum atomic E-state index is 11.1. The molecule has 0 spiro atoms. The molecule has 0 saturated carbocycles. The van der Waals surface area contributed by atoms with E-state index in [1.54, 1.807) is 0 Å². The largest absolute Gasteiger partial charge is 0.480 e. The molecule has 0 aromatic carbocycles. The summed E-state index contributed by atoms with van der Waals surface area (Å²) in [5.74, 6) is -1.51. The van der Waals surface area contributed by atoms with Crippen LogP contribution in [0.5, 0.6) is 0 Å². The van der Waals surface area contributed by atoms with Crippen molar-refractivity contribution >= 4 is 16.0 Å². The Morgan fingerprint density at radius 3 is 2.50 bits per heavy atom. The van der Waals surface area contributed by atoms with E-state index < -0.39 is 22.0 Å². The maximum Gasteiger partial charge on any atom is 0.320 e. The molecule has 0 aliphatic rings. The normalized spacial score (nSPS) is 13.9. The van der Waals surface area contributed by atoms with Gasteiger partial charge in [0.15, 0.2) is 0 Å². The molecule has 0 radical (unpaired) electrons. The topological polar surface area (TPSA) is 136 Å². The van der Waals surface area contributed by atoms with Crippen LogP contribution >= 0.6 is 0 Å². The molecule has 0 amide bonds. The Morgan fingerprint density at radius 2 is 2.07 bits per heavy atom. The summed E-state index contributed by atoms with van der Waals surface area (Å²) in [6, 6.07) is -1.15. The first-order valence-corrected chi connectivity index (χ1v) is 5.70. The average molecular weight is 225 g/mol. The summed E-state index contributed by atoms with van der Waals surface area (Å²) in [4.78, 5) is 10.3. The van der Waals surface area contributed by atoms with Crippen LogP contribution in [0.25, 0.3) is 0 Å². The standard InChI is InChI=1S/C6H15N3O4S/c7-2-3-9-14(12,13)4-1-5(8)6(10)11/h5,9H,1-4,7-8H2,(H,10,11). The highest BCUT2D eigenvalue weighted by atomic mass is 32.2. The highest BCUT2D eigenvalue weighted by Gasteiger charge is 2.16. The van der Waals surface area contributed by atoms with Crippen molar-refractivity contribution < 1.29 is 18.3 Å². The number of hydrogen-bond donors (Lipinski definition) is 4. The lowest BCUT2D eigenvalue weighted by atomic mass is 10.2. The van der Waals surface area contributed by atoms with Crippen LogP contribution in [0.15, 0.2) is 0 Å². The SMILES string of the molecule is NCCNS(=O)(=O)CCC(N)C(=O)O. The fourth-order valence-electron chi connectivity index (χ4n) is 0.692. The Morgan fingerprint density at radius 1 is 1.50 bits per heavy atom. The van der Waals surface area contributed by atoms with E-state index in [1.165, 1.54) is 0 Å². The van der Waals surface area contributed by atoms with E-state index >= 15 is 0 Å². The fraction of sp³-hybridized carbons (Fsp3) is 0.833. The highest BCUT2D eigenvalue weighted by Crippen LogP contribution is 1.93. The van der Waals surface area contributed by atoms with E-state index in [1.807, 2.05) is 0 Å². The van der Waals surface area contributed by atoms with Gasteiger partial charge in [0.25, 0.3) is 0 Å². The van der Waals surface area contributed by atoms with Gasteiger partial charge < -0.3 is 16.6 Å². The lowest BCUT2D eigenvalue weighted by molar-refractivity contribution is -0.138. The fourth-order valence-corrected chi connectivity index (χ4v) is 1.83. The van der Waals surface area contributed by atoms with Gasteiger partial charge in [-0.25, -0.2) is 13.1 Å². The van der Waals surface area contributed by atoms with Crippen molar-refractivity contribution in [2.24, 2.45) is 11.5 Å². The summed E-state index contributed by atoms with van der Waals surface area (Å²) >= 11 is 0. The number of aliphatic carboxylic acids is 1. The Bertz CT molecular complexity index is 277. The van der Waals surface area contributed by atoms with E-state index in [2.05, 4.69) is 4.72 Å². The average Bonchev–Trinajstić information content (AvgIpc) is 2.11. The van der Waals surface area contributed by atoms with Gasteiger partial charge in [0.1, 0.15) is 6.04 Å². The number of carboxylic acid groups (broad SMARTS) is 1. The summed E-state index contributed by atoms with van der Waals surface area (Å²) in [5, 5.41) is 8.39. The summed E-state index contributed by atoms with van der Waals surface area (Å²) in [7, 11) is -3.45. The molecule has 6 N–H and O–H groups in total. The predicted molar refractivity (Wildman–Crippen MR) is 51.1 cm³/mol. The molecular formula is C6H15N3O4S. The molecule has 0 aliphatic carbocycles.